The number of benzene rings is 3. The standard InChI is InChI=1S/C34H33N3OSi/c1-34(2,3)24-20-23(21-25(22-24)39(4,5)32-16-10-11-19-35-32)28-18-17-27-26-12-6-7-13-29(26)37(33(27)36-28)30-14-8-9-15-31(30)38/h6-22,38H,1-5H3. The van der Waals surface area contributed by atoms with E-state index in [-0.39, 0.29) is 11.2 Å². The maximum atomic E-state index is 10.8. The van der Waals surface area contributed by atoms with Crippen LogP contribution in [0, 0.1) is 0 Å². The van der Waals surface area contributed by atoms with E-state index in [9.17, 15) is 5.11 Å². The van der Waals surface area contributed by atoms with Gasteiger partial charge in [-0.25, -0.2) is 4.98 Å². The molecule has 4 nitrogen and oxygen atoms in total. The van der Waals surface area contributed by atoms with Crippen LogP contribution < -0.4 is 10.5 Å². The van der Waals surface area contributed by atoms with Crippen molar-refractivity contribution in [2.24, 2.45) is 0 Å². The summed E-state index contributed by atoms with van der Waals surface area (Å²) in [7, 11) is -2.06. The highest BCUT2D eigenvalue weighted by molar-refractivity contribution is 7.00. The van der Waals surface area contributed by atoms with Gasteiger partial charge in [0.15, 0.2) is 0 Å². The molecule has 3 heterocycles. The first-order valence-electron chi connectivity index (χ1n) is 13.4. The Kier molecular flexibility index (Phi) is 5.92. The molecule has 3 aromatic carbocycles. The first-order chi connectivity index (χ1) is 18.6. The van der Waals surface area contributed by atoms with E-state index >= 15 is 0 Å². The van der Waals surface area contributed by atoms with Crippen molar-refractivity contribution >= 4 is 40.5 Å². The maximum Gasteiger partial charge on any atom is 0.146 e. The number of nitrogens with zero attached hydrogens (tertiary/aromatic N) is 3. The van der Waals surface area contributed by atoms with Crippen LogP contribution in [-0.4, -0.2) is 27.7 Å². The summed E-state index contributed by atoms with van der Waals surface area (Å²) in [6.45, 7) is 11.5. The summed E-state index contributed by atoms with van der Waals surface area (Å²) >= 11 is 0. The number of rotatable bonds is 4. The van der Waals surface area contributed by atoms with Crippen LogP contribution in [0.1, 0.15) is 26.3 Å². The van der Waals surface area contributed by atoms with Crippen molar-refractivity contribution in [1.29, 1.82) is 0 Å². The molecule has 5 heteroatoms. The van der Waals surface area contributed by atoms with Gasteiger partial charge in [0.1, 0.15) is 19.5 Å². The average Bonchev–Trinajstić information content (AvgIpc) is 3.26. The molecule has 0 fully saturated rings. The van der Waals surface area contributed by atoms with Crippen LogP contribution >= 0.6 is 0 Å². The zero-order valence-corrected chi connectivity index (χ0v) is 24.1. The average molecular weight is 528 g/mol. The molecule has 0 saturated carbocycles. The van der Waals surface area contributed by atoms with Crippen LogP contribution in [0.5, 0.6) is 5.75 Å². The van der Waals surface area contributed by atoms with Gasteiger partial charge in [0, 0.05) is 27.8 Å². The minimum atomic E-state index is -2.06. The number of pyridine rings is 2. The Morgan fingerprint density at radius 2 is 1.51 bits per heavy atom. The number of aromatic nitrogens is 3. The number of phenols is 1. The summed E-state index contributed by atoms with van der Waals surface area (Å²) in [5.74, 6) is 0.229. The first kappa shape index (κ1) is 25.1. The monoisotopic (exact) mass is 527 g/mol. The fourth-order valence-corrected chi connectivity index (χ4v) is 7.59. The Morgan fingerprint density at radius 3 is 2.26 bits per heavy atom. The third-order valence-electron chi connectivity index (χ3n) is 7.77. The lowest BCUT2D eigenvalue weighted by atomic mass is 9.86. The lowest BCUT2D eigenvalue weighted by Gasteiger charge is -2.27. The van der Waals surface area contributed by atoms with Crippen molar-refractivity contribution in [3.63, 3.8) is 0 Å². The molecule has 3 aromatic heterocycles. The minimum absolute atomic E-state index is 0.0197. The fraction of sp³-hybridized carbons (Fsp3) is 0.176. The van der Waals surface area contributed by atoms with Crippen molar-refractivity contribution in [3.05, 3.63) is 109 Å². The van der Waals surface area contributed by atoms with Gasteiger partial charge >= 0.3 is 0 Å². The SMILES string of the molecule is CC(C)(C)c1cc(-c2ccc3c4ccccc4n(-c4ccccc4O)c3n2)cc([Si](C)(C)c2ccccn2)c1. The van der Waals surface area contributed by atoms with Gasteiger partial charge in [-0.3, -0.25) is 9.55 Å². The molecule has 0 bridgehead atoms. The molecule has 6 rings (SSSR count). The molecule has 0 amide bonds. The Balaban J connectivity index is 1.61. The van der Waals surface area contributed by atoms with E-state index in [0.29, 0.717) is 0 Å². The Labute approximate surface area is 230 Å². The number of para-hydroxylation sites is 3. The summed E-state index contributed by atoms with van der Waals surface area (Å²) < 4.78 is 2.07. The molecule has 0 unspecified atom stereocenters. The van der Waals surface area contributed by atoms with Crippen molar-refractivity contribution in [3.8, 4) is 22.7 Å². The second-order valence-corrected chi connectivity index (χ2v) is 16.1. The lowest BCUT2D eigenvalue weighted by Crippen LogP contribution is -2.54. The molecule has 194 valence electrons. The molecule has 0 radical (unpaired) electrons. The van der Waals surface area contributed by atoms with Crippen LogP contribution in [0.15, 0.2) is 103 Å². The maximum absolute atomic E-state index is 10.8. The summed E-state index contributed by atoms with van der Waals surface area (Å²) in [5.41, 5.74) is 5.86. The van der Waals surface area contributed by atoms with E-state index in [1.807, 2.05) is 42.6 Å². The second-order valence-electron chi connectivity index (χ2n) is 11.8. The van der Waals surface area contributed by atoms with Gasteiger partial charge in [0.2, 0.25) is 0 Å². The Hall–Kier alpha value is -4.22. The number of hydrogen-bond donors (Lipinski definition) is 1. The fourth-order valence-electron chi connectivity index (χ4n) is 5.35. The van der Waals surface area contributed by atoms with Crippen LogP contribution in [-0.2, 0) is 5.41 Å². The molecule has 0 aliphatic heterocycles. The van der Waals surface area contributed by atoms with Crippen molar-refractivity contribution in [1.82, 2.24) is 14.5 Å². The predicted molar refractivity (Wildman–Crippen MR) is 165 cm³/mol. The minimum Gasteiger partial charge on any atom is -0.506 e. The van der Waals surface area contributed by atoms with Gasteiger partial charge in [-0.15, -0.1) is 0 Å². The van der Waals surface area contributed by atoms with Crippen LogP contribution in [0.2, 0.25) is 13.1 Å². The van der Waals surface area contributed by atoms with Crippen molar-refractivity contribution < 1.29 is 5.11 Å². The second kappa shape index (κ2) is 9.21. The van der Waals surface area contributed by atoms with Gasteiger partial charge in [0.25, 0.3) is 0 Å². The van der Waals surface area contributed by atoms with Crippen LogP contribution in [0.4, 0.5) is 0 Å². The molecule has 1 N–H and O–H groups in total. The normalized spacial score (nSPS) is 12.3. The van der Waals surface area contributed by atoms with Crippen LogP contribution in [0.25, 0.3) is 38.9 Å². The predicted octanol–water partition coefficient (Wildman–Crippen LogP) is 7.07. The van der Waals surface area contributed by atoms with Gasteiger partial charge in [-0.2, -0.15) is 0 Å². The molecule has 0 aliphatic carbocycles. The highest BCUT2D eigenvalue weighted by Crippen LogP contribution is 2.36. The highest BCUT2D eigenvalue weighted by Gasteiger charge is 2.30. The Morgan fingerprint density at radius 1 is 0.769 bits per heavy atom. The Bertz CT molecular complexity index is 1830. The van der Waals surface area contributed by atoms with E-state index in [4.69, 9.17) is 9.97 Å². The molecular formula is C34H33N3OSi. The molecule has 0 aliphatic rings. The molecular weight excluding hydrogens is 494 g/mol. The van der Waals surface area contributed by atoms with E-state index < -0.39 is 8.07 Å². The van der Waals surface area contributed by atoms with Gasteiger partial charge in [0.05, 0.1) is 16.9 Å². The van der Waals surface area contributed by atoms with E-state index in [1.54, 1.807) is 6.07 Å². The van der Waals surface area contributed by atoms with E-state index in [0.717, 1.165) is 38.9 Å². The summed E-state index contributed by atoms with van der Waals surface area (Å²) in [6, 6.07) is 33.2. The van der Waals surface area contributed by atoms with Crippen molar-refractivity contribution in [2.75, 3.05) is 0 Å². The van der Waals surface area contributed by atoms with E-state index in [1.165, 1.54) is 16.1 Å². The lowest BCUT2D eigenvalue weighted by molar-refractivity contribution is 0.473. The third-order valence-corrected chi connectivity index (χ3v) is 11.1. The number of hydrogen-bond acceptors (Lipinski definition) is 3. The smallest absolute Gasteiger partial charge is 0.146 e. The van der Waals surface area contributed by atoms with Gasteiger partial charge in [-0.1, -0.05) is 87.6 Å². The number of phenolic OH excluding ortho intramolecular Hbond substituents is 1. The molecule has 0 saturated heterocycles. The van der Waals surface area contributed by atoms with Crippen LogP contribution in [0.3, 0.4) is 0 Å². The molecule has 6 aromatic rings. The largest absolute Gasteiger partial charge is 0.506 e. The zero-order valence-electron chi connectivity index (χ0n) is 23.1. The van der Waals surface area contributed by atoms with Gasteiger partial charge < -0.3 is 5.11 Å². The molecule has 0 atom stereocenters. The third kappa shape index (κ3) is 4.33. The zero-order chi connectivity index (χ0) is 27.4. The van der Waals surface area contributed by atoms with Crippen molar-refractivity contribution in [2.45, 2.75) is 39.3 Å². The number of aromatic hydroxyl groups is 1. The quantitative estimate of drug-likeness (QED) is 0.250. The topological polar surface area (TPSA) is 50.9 Å². The highest BCUT2D eigenvalue weighted by atomic mass is 28.3. The summed E-state index contributed by atoms with van der Waals surface area (Å²) in [4.78, 5) is 10.0. The van der Waals surface area contributed by atoms with E-state index in [2.05, 4.69) is 93.0 Å². The molecule has 39 heavy (non-hydrogen) atoms. The first-order valence-corrected chi connectivity index (χ1v) is 16.4. The molecule has 0 spiro atoms. The summed E-state index contributed by atoms with van der Waals surface area (Å²) in [6.07, 6.45) is 1.89. The van der Waals surface area contributed by atoms with Gasteiger partial charge in [-0.05, 0) is 59.5 Å². The summed E-state index contributed by atoms with van der Waals surface area (Å²) in [5, 5.41) is 15.5. The number of fused-ring (bicyclic) bond motifs is 3.